The molecule has 6 heteroatoms. The van der Waals surface area contributed by atoms with Gasteiger partial charge in [-0.05, 0) is 23.5 Å². The Morgan fingerprint density at radius 3 is 2.08 bits per heavy atom. The van der Waals surface area contributed by atoms with Crippen LogP contribution in [0.1, 0.15) is 24.0 Å². The van der Waals surface area contributed by atoms with E-state index in [1.807, 2.05) is 48.5 Å². The summed E-state index contributed by atoms with van der Waals surface area (Å²) in [6.45, 7) is 0. The van der Waals surface area contributed by atoms with Gasteiger partial charge < -0.3 is 0 Å². The maximum absolute atomic E-state index is 12.2. The molecule has 25 heavy (non-hydrogen) atoms. The number of carbonyl (C=O) groups excluding carboxylic acids is 1. The number of benzene rings is 2. The quantitative estimate of drug-likeness (QED) is 0.734. The second kappa shape index (κ2) is 6.11. The first kappa shape index (κ1) is 16.0. The largest absolute Gasteiger partial charge is 0.273 e. The van der Waals surface area contributed by atoms with E-state index in [1.165, 1.54) is 0 Å². The van der Waals surface area contributed by atoms with Crippen LogP contribution in [0, 0.1) is 5.92 Å². The monoisotopic (exact) mass is 354 g/mol. The summed E-state index contributed by atoms with van der Waals surface area (Å²) >= 11 is 0. The van der Waals surface area contributed by atoms with Crippen LogP contribution in [0.3, 0.4) is 0 Å². The lowest BCUT2D eigenvalue weighted by Crippen LogP contribution is -2.23. The fraction of sp³-hybridized carbons (Fsp3) is 0.263. The van der Waals surface area contributed by atoms with E-state index in [0.717, 1.165) is 28.0 Å². The molecule has 0 unspecified atom stereocenters. The normalized spacial score (nSPS) is 20.0. The summed E-state index contributed by atoms with van der Waals surface area (Å²) in [5.41, 5.74) is 7.56. The molecule has 1 heterocycles. The molecule has 4 rings (SSSR count). The van der Waals surface area contributed by atoms with E-state index in [2.05, 4.69) is 10.5 Å². The molecule has 1 N–H and O–H groups in total. The molecular weight excluding hydrogens is 336 g/mol. The molecule has 5 nitrogen and oxygen atoms in total. The number of nitrogens with one attached hydrogen (secondary N) is 1. The maximum atomic E-state index is 12.2. The highest BCUT2D eigenvalue weighted by Crippen LogP contribution is 2.36. The first-order valence-corrected chi connectivity index (χ1v) is 10.1. The minimum absolute atomic E-state index is 0.0999. The number of hydrogen-bond donors (Lipinski definition) is 1. The molecule has 128 valence electrons. The summed E-state index contributed by atoms with van der Waals surface area (Å²) in [5, 5.41) is 4.35. The van der Waals surface area contributed by atoms with E-state index in [4.69, 9.17) is 0 Å². The van der Waals surface area contributed by atoms with E-state index in [0.29, 0.717) is 6.42 Å². The van der Waals surface area contributed by atoms with E-state index in [1.54, 1.807) is 0 Å². The Balaban J connectivity index is 1.55. The van der Waals surface area contributed by atoms with Crippen molar-refractivity contribution < 1.29 is 13.2 Å². The number of carbonyl (C=O) groups is 1. The van der Waals surface area contributed by atoms with Crippen LogP contribution in [0.25, 0.3) is 11.1 Å². The molecular formula is C19H18N2O3S. The van der Waals surface area contributed by atoms with Gasteiger partial charge in [-0.2, -0.15) is 5.10 Å². The number of hydrazone groups is 1. The van der Waals surface area contributed by atoms with Crippen molar-refractivity contribution in [3.05, 3.63) is 59.7 Å². The summed E-state index contributed by atoms with van der Waals surface area (Å²) in [6.07, 6.45) is 0.747. The molecule has 1 aliphatic carbocycles. The van der Waals surface area contributed by atoms with E-state index in [9.17, 15) is 13.2 Å². The van der Waals surface area contributed by atoms with Crippen molar-refractivity contribution in [2.24, 2.45) is 11.0 Å². The fourth-order valence-corrected chi connectivity index (χ4v) is 5.44. The fourth-order valence-electron chi connectivity index (χ4n) is 3.57. The predicted molar refractivity (Wildman–Crippen MR) is 97.0 cm³/mol. The number of rotatable bonds is 3. The Morgan fingerprint density at radius 1 is 1.00 bits per heavy atom. The molecule has 0 saturated carbocycles. The zero-order valence-corrected chi connectivity index (χ0v) is 14.4. The van der Waals surface area contributed by atoms with Gasteiger partial charge in [-0.1, -0.05) is 48.5 Å². The second-order valence-corrected chi connectivity index (χ2v) is 8.79. The number of amides is 1. The van der Waals surface area contributed by atoms with Crippen LogP contribution < -0.4 is 5.43 Å². The summed E-state index contributed by atoms with van der Waals surface area (Å²) in [4.78, 5) is 12.2. The lowest BCUT2D eigenvalue weighted by atomic mass is 10.1. The molecule has 1 atom stereocenters. The Hall–Kier alpha value is -2.47. The first-order chi connectivity index (χ1) is 12.0. The highest BCUT2D eigenvalue weighted by atomic mass is 32.2. The highest BCUT2D eigenvalue weighted by Gasteiger charge is 2.29. The third kappa shape index (κ3) is 3.09. The summed E-state index contributed by atoms with van der Waals surface area (Å²) < 4.78 is 23.0. The molecule has 2 aromatic carbocycles. The van der Waals surface area contributed by atoms with Crippen molar-refractivity contribution in [2.45, 2.75) is 12.8 Å². The number of sulfone groups is 1. The van der Waals surface area contributed by atoms with Gasteiger partial charge in [0, 0.05) is 17.5 Å². The molecule has 1 aliphatic heterocycles. The third-order valence-electron chi connectivity index (χ3n) is 4.75. The van der Waals surface area contributed by atoms with Crippen LogP contribution >= 0.6 is 0 Å². The van der Waals surface area contributed by atoms with Crippen molar-refractivity contribution >= 4 is 21.5 Å². The minimum Gasteiger partial charge on any atom is -0.273 e. The molecule has 0 bridgehead atoms. The van der Waals surface area contributed by atoms with Crippen molar-refractivity contribution in [2.75, 3.05) is 11.5 Å². The standard InChI is InChI=1S/C19H18N2O3S/c22-18(11-13-9-10-25(23,24)12-13)20-21-19-16-7-3-1-5-14(16)15-6-2-4-8-17(15)19/h1-8,13H,9-12H2,(H,20,22)/t13-/m1/s1. The number of nitrogens with zero attached hydrogens (tertiary/aromatic N) is 1. The zero-order valence-electron chi connectivity index (χ0n) is 13.6. The van der Waals surface area contributed by atoms with Gasteiger partial charge in [-0.25, -0.2) is 13.8 Å². The van der Waals surface area contributed by atoms with Gasteiger partial charge in [0.25, 0.3) is 0 Å². The Morgan fingerprint density at radius 2 is 1.56 bits per heavy atom. The maximum Gasteiger partial charge on any atom is 0.240 e. The predicted octanol–water partition coefficient (Wildman–Crippen LogP) is 2.36. The van der Waals surface area contributed by atoms with Crippen LogP contribution in [-0.4, -0.2) is 31.5 Å². The van der Waals surface area contributed by atoms with Crippen LogP contribution in [-0.2, 0) is 14.6 Å². The van der Waals surface area contributed by atoms with E-state index < -0.39 is 9.84 Å². The van der Waals surface area contributed by atoms with Crippen LogP contribution in [0.5, 0.6) is 0 Å². The summed E-state index contributed by atoms with van der Waals surface area (Å²) in [5.74, 6) is -0.0621. The Bertz CT molecular complexity index is 932. The molecule has 2 aromatic rings. The van der Waals surface area contributed by atoms with Crippen molar-refractivity contribution in [1.82, 2.24) is 5.43 Å². The first-order valence-electron chi connectivity index (χ1n) is 8.30. The van der Waals surface area contributed by atoms with E-state index >= 15 is 0 Å². The lowest BCUT2D eigenvalue weighted by molar-refractivity contribution is -0.121. The molecule has 0 aromatic heterocycles. The minimum atomic E-state index is -2.97. The van der Waals surface area contributed by atoms with Crippen LogP contribution in [0.15, 0.2) is 53.6 Å². The number of fused-ring (bicyclic) bond motifs is 3. The zero-order chi connectivity index (χ0) is 17.4. The molecule has 1 saturated heterocycles. The van der Waals surface area contributed by atoms with E-state index in [-0.39, 0.29) is 29.8 Å². The van der Waals surface area contributed by atoms with Crippen LogP contribution in [0.4, 0.5) is 0 Å². The highest BCUT2D eigenvalue weighted by molar-refractivity contribution is 7.91. The summed E-state index contributed by atoms with van der Waals surface area (Å²) in [6, 6.07) is 15.9. The van der Waals surface area contributed by atoms with Gasteiger partial charge in [0.1, 0.15) is 0 Å². The lowest BCUT2D eigenvalue weighted by Gasteiger charge is -2.07. The molecule has 2 aliphatic rings. The topological polar surface area (TPSA) is 75.6 Å². The Labute approximate surface area is 146 Å². The summed E-state index contributed by atoms with van der Waals surface area (Å²) in [7, 11) is -2.97. The van der Waals surface area contributed by atoms with Gasteiger partial charge in [0.15, 0.2) is 9.84 Å². The average Bonchev–Trinajstić information content (AvgIpc) is 3.10. The number of hydrogen-bond acceptors (Lipinski definition) is 4. The van der Waals surface area contributed by atoms with Gasteiger partial charge in [-0.15, -0.1) is 0 Å². The van der Waals surface area contributed by atoms with Gasteiger partial charge >= 0.3 is 0 Å². The van der Waals surface area contributed by atoms with Gasteiger partial charge in [0.2, 0.25) is 5.91 Å². The molecule has 0 spiro atoms. The van der Waals surface area contributed by atoms with Crippen molar-refractivity contribution in [1.29, 1.82) is 0 Å². The van der Waals surface area contributed by atoms with Gasteiger partial charge in [-0.3, -0.25) is 4.79 Å². The third-order valence-corrected chi connectivity index (χ3v) is 6.58. The van der Waals surface area contributed by atoms with Crippen LogP contribution in [0.2, 0.25) is 0 Å². The van der Waals surface area contributed by atoms with Gasteiger partial charge in [0.05, 0.1) is 17.2 Å². The Kier molecular flexibility index (Phi) is 3.92. The SMILES string of the molecule is O=C(C[C@H]1CCS(=O)(=O)C1)NN=C1c2ccccc2-c2ccccc21. The molecule has 1 amide bonds. The second-order valence-electron chi connectivity index (χ2n) is 6.56. The van der Waals surface area contributed by atoms with Crippen molar-refractivity contribution in [3.8, 4) is 11.1 Å². The smallest absolute Gasteiger partial charge is 0.240 e. The van der Waals surface area contributed by atoms with Crippen molar-refractivity contribution in [3.63, 3.8) is 0 Å². The average molecular weight is 354 g/mol. The molecule has 0 radical (unpaired) electrons. The molecule has 1 fully saturated rings.